The van der Waals surface area contributed by atoms with Crippen LogP contribution in [0.4, 0.5) is 5.69 Å². The average molecular weight is 237 g/mol. The van der Waals surface area contributed by atoms with Crippen LogP contribution in [-0.4, -0.2) is 24.1 Å². The highest BCUT2D eigenvalue weighted by Gasteiger charge is 2.25. The monoisotopic (exact) mass is 237 g/mol. The van der Waals surface area contributed by atoms with E-state index in [2.05, 4.69) is 0 Å². The second kappa shape index (κ2) is 4.92. The number of rotatable bonds is 3. The molecular weight excluding hydrogens is 226 g/mol. The predicted molar refractivity (Wildman–Crippen MR) is 57.7 cm³/mol. The minimum atomic E-state index is -0.504. The van der Waals surface area contributed by atoms with Gasteiger partial charge in [-0.25, -0.2) is 0 Å². The van der Waals surface area contributed by atoms with Gasteiger partial charge >= 0.3 is 5.97 Å². The topological polar surface area (TPSA) is 78.7 Å². The second-order valence-electron chi connectivity index (χ2n) is 3.73. The molecule has 1 unspecified atom stereocenters. The molecule has 0 saturated carbocycles. The SMILES string of the molecule is O=C(Oc1ccc([N+](=O)[O-])cc1)C1CCOC1. The summed E-state index contributed by atoms with van der Waals surface area (Å²) in [6.45, 7) is 0.950. The number of nitrogens with zero attached hydrogens (tertiary/aromatic N) is 1. The quantitative estimate of drug-likeness (QED) is 0.345. The molecule has 0 N–H and O–H groups in total. The Morgan fingerprint density at radius 1 is 1.41 bits per heavy atom. The molecule has 1 aromatic carbocycles. The van der Waals surface area contributed by atoms with Crippen molar-refractivity contribution in [3.8, 4) is 5.75 Å². The Morgan fingerprint density at radius 2 is 2.12 bits per heavy atom. The van der Waals surface area contributed by atoms with E-state index in [1.165, 1.54) is 24.3 Å². The fraction of sp³-hybridized carbons (Fsp3) is 0.364. The highest BCUT2D eigenvalue weighted by atomic mass is 16.6. The van der Waals surface area contributed by atoms with Gasteiger partial charge in [-0.1, -0.05) is 0 Å². The van der Waals surface area contributed by atoms with Crippen LogP contribution < -0.4 is 4.74 Å². The molecule has 0 spiro atoms. The maximum atomic E-state index is 11.6. The molecule has 1 aliphatic heterocycles. The van der Waals surface area contributed by atoms with E-state index in [1.807, 2.05) is 0 Å². The first-order valence-corrected chi connectivity index (χ1v) is 5.21. The predicted octanol–water partition coefficient (Wildman–Crippen LogP) is 1.54. The zero-order valence-corrected chi connectivity index (χ0v) is 9.00. The number of nitro benzene ring substituents is 1. The van der Waals surface area contributed by atoms with Gasteiger partial charge in [0.15, 0.2) is 0 Å². The minimum absolute atomic E-state index is 0.0333. The van der Waals surface area contributed by atoms with E-state index in [9.17, 15) is 14.9 Å². The molecule has 2 rings (SSSR count). The van der Waals surface area contributed by atoms with E-state index in [-0.39, 0.29) is 17.6 Å². The summed E-state index contributed by atoms with van der Waals surface area (Å²) in [4.78, 5) is 21.5. The normalized spacial score (nSPS) is 18.9. The number of hydrogen-bond donors (Lipinski definition) is 0. The van der Waals surface area contributed by atoms with Crippen molar-refractivity contribution in [2.24, 2.45) is 5.92 Å². The van der Waals surface area contributed by atoms with Crippen molar-refractivity contribution >= 4 is 11.7 Å². The fourth-order valence-corrected chi connectivity index (χ4v) is 1.56. The van der Waals surface area contributed by atoms with Crippen molar-refractivity contribution in [3.63, 3.8) is 0 Å². The van der Waals surface area contributed by atoms with Gasteiger partial charge in [-0.05, 0) is 18.6 Å². The Balaban J connectivity index is 1.98. The molecule has 1 heterocycles. The molecule has 0 radical (unpaired) electrons. The number of non-ortho nitro benzene ring substituents is 1. The third-order valence-corrected chi connectivity index (χ3v) is 2.53. The molecule has 6 nitrogen and oxygen atoms in total. The minimum Gasteiger partial charge on any atom is -0.426 e. The van der Waals surface area contributed by atoms with Gasteiger partial charge in [-0.15, -0.1) is 0 Å². The van der Waals surface area contributed by atoms with Crippen molar-refractivity contribution in [3.05, 3.63) is 34.4 Å². The first-order valence-electron chi connectivity index (χ1n) is 5.21. The molecule has 0 amide bonds. The van der Waals surface area contributed by atoms with Crippen LogP contribution in [0.3, 0.4) is 0 Å². The summed E-state index contributed by atoms with van der Waals surface area (Å²) in [5.74, 6) is -0.269. The smallest absolute Gasteiger partial charge is 0.316 e. The van der Waals surface area contributed by atoms with Crippen LogP contribution >= 0.6 is 0 Å². The summed E-state index contributed by atoms with van der Waals surface area (Å²) in [5.41, 5.74) is -0.0333. The summed E-state index contributed by atoms with van der Waals surface area (Å²) in [5, 5.41) is 10.4. The Labute approximate surface area is 97.3 Å². The van der Waals surface area contributed by atoms with Crippen molar-refractivity contribution in [1.29, 1.82) is 0 Å². The lowest BCUT2D eigenvalue weighted by atomic mass is 10.1. The number of esters is 1. The number of benzene rings is 1. The molecule has 1 aliphatic rings. The number of hydrogen-bond acceptors (Lipinski definition) is 5. The molecule has 90 valence electrons. The Morgan fingerprint density at radius 3 is 2.65 bits per heavy atom. The zero-order chi connectivity index (χ0) is 12.3. The van der Waals surface area contributed by atoms with Gasteiger partial charge < -0.3 is 9.47 Å². The molecule has 1 saturated heterocycles. The van der Waals surface area contributed by atoms with Crippen LogP contribution in [0.1, 0.15) is 6.42 Å². The van der Waals surface area contributed by atoms with E-state index in [1.54, 1.807) is 0 Å². The first kappa shape index (κ1) is 11.5. The van der Waals surface area contributed by atoms with Crippen molar-refractivity contribution in [2.75, 3.05) is 13.2 Å². The standard InChI is InChI=1S/C11H11NO5/c13-11(8-5-6-16-7-8)17-10-3-1-9(2-4-10)12(14)15/h1-4,8H,5-7H2. The van der Waals surface area contributed by atoms with Gasteiger partial charge in [0.05, 0.1) is 17.4 Å². The van der Waals surface area contributed by atoms with Gasteiger partial charge in [-0.3, -0.25) is 14.9 Å². The zero-order valence-electron chi connectivity index (χ0n) is 9.00. The van der Waals surface area contributed by atoms with E-state index < -0.39 is 4.92 Å². The first-order chi connectivity index (χ1) is 8.16. The largest absolute Gasteiger partial charge is 0.426 e. The Kier molecular flexibility index (Phi) is 3.34. The van der Waals surface area contributed by atoms with Crippen LogP contribution in [-0.2, 0) is 9.53 Å². The van der Waals surface area contributed by atoms with Crippen LogP contribution in [0, 0.1) is 16.0 Å². The van der Waals surface area contributed by atoms with Crippen LogP contribution in [0.15, 0.2) is 24.3 Å². The van der Waals surface area contributed by atoms with Crippen LogP contribution in [0.5, 0.6) is 5.75 Å². The Hall–Kier alpha value is -1.95. The second-order valence-corrected chi connectivity index (χ2v) is 3.73. The molecule has 1 aromatic rings. The molecule has 0 bridgehead atoms. The maximum absolute atomic E-state index is 11.6. The molecule has 0 aromatic heterocycles. The summed E-state index contributed by atoms with van der Waals surface area (Å²) in [6, 6.07) is 5.42. The van der Waals surface area contributed by atoms with Gasteiger partial charge in [0.25, 0.3) is 5.69 Å². The number of nitro groups is 1. The third-order valence-electron chi connectivity index (χ3n) is 2.53. The van der Waals surface area contributed by atoms with Gasteiger partial charge in [0, 0.05) is 18.7 Å². The number of carbonyl (C=O) groups is 1. The van der Waals surface area contributed by atoms with E-state index >= 15 is 0 Å². The van der Waals surface area contributed by atoms with E-state index in [0.29, 0.717) is 25.4 Å². The molecule has 1 fully saturated rings. The molecule has 0 aliphatic carbocycles. The summed E-state index contributed by atoms with van der Waals surface area (Å²) in [6.07, 6.45) is 0.659. The lowest BCUT2D eigenvalue weighted by Gasteiger charge is -2.07. The van der Waals surface area contributed by atoms with Gasteiger partial charge in [-0.2, -0.15) is 0 Å². The molecular formula is C11H11NO5. The average Bonchev–Trinajstić information content (AvgIpc) is 2.83. The summed E-state index contributed by atoms with van der Waals surface area (Å²) < 4.78 is 10.2. The fourth-order valence-electron chi connectivity index (χ4n) is 1.56. The van der Waals surface area contributed by atoms with E-state index in [4.69, 9.17) is 9.47 Å². The van der Waals surface area contributed by atoms with E-state index in [0.717, 1.165) is 0 Å². The van der Waals surface area contributed by atoms with Gasteiger partial charge in [0.1, 0.15) is 5.75 Å². The van der Waals surface area contributed by atoms with Crippen LogP contribution in [0.25, 0.3) is 0 Å². The van der Waals surface area contributed by atoms with Crippen molar-refractivity contribution < 1.29 is 19.2 Å². The molecule has 6 heteroatoms. The number of carbonyl (C=O) groups excluding carboxylic acids is 1. The summed E-state index contributed by atoms with van der Waals surface area (Å²) >= 11 is 0. The van der Waals surface area contributed by atoms with Crippen molar-refractivity contribution in [1.82, 2.24) is 0 Å². The highest BCUT2D eigenvalue weighted by molar-refractivity contribution is 5.75. The van der Waals surface area contributed by atoms with Crippen LogP contribution in [0.2, 0.25) is 0 Å². The lowest BCUT2D eigenvalue weighted by Crippen LogP contribution is -2.20. The molecule has 17 heavy (non-hydrogen) atoms. The highest BCUT2D eigenvalue weighted by Crippen LogP contribution is 2.20. The number of ether oxygens (including phenoxy) is 2. The van der Waals surface area contributed by atoms with Crippen molar-refractivity contribution in [2.45, 2.75) is 6.42 Å². The summed E-state index contributed by atoms with van der Waals surface area (Å²) in [7, 11) is 0. The third kappa shape index (κ3) is 2.79. The lowest BCUT2D eigenvalue weighted by molar-refractivity contribution is -0.384. The molecule has 1 atom stereocenters. The Bertz CT molecular complexity index is 422. The van der Waals surface area contributed by atoms with Gasteiger partial charge in [0.2, 0.25) is 0 Å². The maximum Gasteiger partial charge on any atom is 0.316 e.